The molecule has 2 fully saturated rings. The van der Waals surface area contributed by atoms with E-state index in [1.807, 2.05) is 11.9 Å². The van der Waals surface area contributed by atoms with Crippen molar-refractivity contribution in [3.63, 3.8) is 0 Å². The van der Waals surface area contributed by atoms with Gasteiger partial charge >= 0.3 is 0 Å². The molecule has 0 bridgehead atoms. The van der Waals surface area contributed by atoms with E-state index in [1.165, 1.54) is 12.8 Å². The summed E-state index contributed by atoms with van der Waals surface area (Å²) in [5.41, 5.74) is 7.01. The number of anilines is 1. The molecule has 19 heavy (non-hydrogen) atoms. The van der Waals surface area contributed by atoms with Gasteiger partial charge < -0.3 is 15.7 Å². The number of nitrogens with two attached hydrogens (primary N) is 1. The van der Waals surface area contributed by atoms with E-state index in [9.17, 15) is 0 Å². The van der Waals surface area contributed by atoms with Crippen LogP contribution in [0.2, 0.25) is 0 Å². The van der Waals surface area contributed by atoms with Gasteiger partial charge in [0.25, 0.3) is 0 Å². The average molecular weight is 262 g/mol. The van der Waals surface area contributed by atoms with Crippen LogP contribution in [0.5, 0.6) is 0 Å². The Balaban J connectivity index is 1.86. The highest BCUT2D eigenvalue weighted by Gasteiger charge is 2.32. The number of aliphatic hydroxyl groups excluding tert-OH is 1. The van der Waals surface area contributed by atoms with Crippen molar-refractivity contribution in [2.24, 2.45) is 5.73 Å². The molecular weight excluding hydrogens is 240 g/mol. The van der Waals surface area contributed by atoms with Crippen molar-refractivity contribution in [3.05, 3.63) is 17.6 Å². The van der Waals surface area contributed by atoms with Crippen LogP contribution >= 0.6 is 0 Å². The molecule has 1 heterocycles. The van der Waals surface area contributed by atoms with E-state index in [0.29, 0.717) is 24.4 Å². The summed E-state index contributed by atoms with van der Waals surface area (Å²) in [6.45, 7) is 0.744. The third kappa shape index (κ3) is 2.72. The molecule has 0 radical (unpaired) electrons. The SMILES string of the molecule is CN(CCO)c1cc(C2CC(N)C2)nc(C2CC2)n1. The first kappa shape index (κ1) is 12.8. The van der Waals surface area contributed by atoms with Gasteiger partial charge in [0.1, 0.15) is 11.6 Å². The van der Waals surface area contributed by atoms with Crippen molar-refractivity contribution in [2.45, 2.75) is 43.6 Å². The highest BCUT2D eigenvalue weighted by atomic mass is 16.3. The monoisotopic (exact) mass is 262 g/mol. The van der Waals surface area contributed by atoms with Gasteiger partial charge in [-0.05, 0) is 25.7 Å². The summed E-state index contributed by atoms with van der Waals surface area (Å²) in [6, 6.07) is 2.40. The van der Waals surface area contributed by atoms with Crippen molar-refractivity contribution < 1.29 is 5.11 Å². The van der Waals surface area contributed by atoms with Crippen LogP contribution in [-0.4, -0.2) is 41.3 Å². The Hall–Kier alpha value is -1.20. The molecule has 3 N–H and O–H groups in total. The first-order valence-corrected chi connectivity index (χ1v) is 7.14. The van der Waals surface area contributed by atoms with Crippen LogP contribution in [0.1, 0.15) is 49.0 Å². The lowest BCUT2D eigenvalue weighted by Gasteiger charge is -2.32. The molecule has 1 aromatic rings. The molecule has 0 aromatic carbocycles. The number of hydrogen-bond donors (Lipinski definition) is 2. The van der Waals surface area contributed by atoms with Crippen molar-refractivity contribution in [2.75, 3.05) is 25.1 Å². The highest BCUT2D eigenvalue weighted by molar-refractivity contribution is 5.41. The van der Waals surface area contributed by atoms with Crippen LogP contribution in [0.3, 0.4) is 0 Å². The molecular formula is C14H22N4O. The maximum Gasteiger partial charge on any atom is 0.134 e. The third-order valence-electron chi connectivity index (χ3n) is 4.11. The van der Waals surface area contributed by atoms with Crippen LogP contribution in [0.4, 0.5) is 5.82 Å². The van der Waals surface area contributed by atoms with Gasteiger partial charge in [-0.25, -0.2) is 9.97 Å². The zero-order valence-corrected chi connectivity index (χ0v) is 11.4. The topological polar surface area (TPSA) is 75.3 Å². The average Bonchev–Trinajstić information content (AvgIpc) is 3.19. The lowest BCUT2D eigenvalue weighted by atomic mass is 9.78. The van der Waals surface area contributed by atoms with Crippen molar-refractivity contribution >= 4 is 5.82 Å². The molecule has 0 amide bonds. The lowest BCUT2D eigenvalue weighted by Crippen LogP contribution is -2.35. The summed E-state index contributed by atoms with van der Waals surface area (Å²) >= 11 is 0. The van der Waals surface area contributed by atoms with Crippen LogP contribution < -0.4 is 10.6 Å². The Morgan fingerprint density at radius 2 is 2.05 bits per heavy atom. The molecule has 5 heteroatoms. The molecule has 3 rings (SSSR count). The summed E-state index contributed by atoms with van der Waals surface area (Å²) in [5, 5.41) is 9.06. The second-order valence-electron chi connectivity index (χ2n) is 5.86. The molecule has 2 aliphatic carbocycles. The van der Waals surface area contributed by atoms with E-state index >= 15 is 0 Å². The summed E-state index contributed by atoms with van der Waals surface area (Å²) in [4.78, 5) is 11.4. The predicted octanol–water partition coefficient (Wildman–Crippen LogP) is 0.987. The quantitative estimate of drug-likeness (QED) is 0.827. The summed E-state index contributed by atoms with van der Waals surface area (Å²) in [6.07, 6.45) is 4.47. The molecule has 2 aliphatic rings. The molecule has 0 unspecified atom stereocenters. The van der Waals surface area contributed by atoms with Crippen molar-refractivity contribution in [1.29, 1.82) is 0 Å². The standard InChI is InChI=1S/C14H22N4O/c1-18(4-5-19)13-8-12(10-6-11(15)7-10)16-14(17-13)9-2-3-9/h8-11,19H,2-7,15H2,1H3. The van der Waals surface area contributed by atoms with Gasteiger partial charge in [0.15, 0.2) is 0 Å². The maximum atomic E-state index is 9.06. The van der Waals surface area contributed by atoms with Crippen LogP contribution in [-0.2, 0) is 0 Å². The Morgan fingerprint density at radius 1 is 1.32 bits per heavy atom. The number of hydrogen-bond acceptors (Lipinski definition) is 5. The summed E-state index contributed by atoms with van der Waals surface area (Å²) in [7, 11) is 1.96. The molecule has 0 aliphatic heterocycles. The number of aliphatic hydroxyl groups is 1. The van der Waals surface area contributed by atoms with Gasteiger partial charge in [-0.15, -0.1) is 0 Å². The Labute approximate surface area is 113 Å². The Kier molecular flexibility index (Phi) is 3.41. The second-order valence-corrected chi connectivity index (χ2v) is 5.86. The zero-order chi connectivity index (χ0) is 13.4. The minimum atomic E-state index is 0.142. The van der Waals surface area contributed by atoms with Crippen molar-refractivity contribution in [3.8, 4) is 0 Å². The van der Waals surface area contributed by atoms with E-state index in [4.69, 9.17) is 15.8 Å². The maximum absolute atomic E-state index is 9.06. The fourth-order valence-electron chi connectivity index (χ4n) is 2.57. The zero-order valence-electron chi connectivity index (χ0n) is 11.4. The van der Waals surface area contributed by atoms with E-state index < -0.39 is 0 Å². The molecule has 0 atom stereocenters. The van der Waals surface area contributed by atoms with Gasteiger partial charge in [-0.1, -0.05) is 0 Å². The summed E-state index contributed by atoms with van der Waals surface area (Å²) < 4.78 is 0. The Bertz CT molecular complexity index is 432. The molecule has 2 saturated carbocycles. The minimum absolute atomic E-state index is 0.142. The first-order chi connectivity index (χ1) is 9.17. The first-order valence-electron chi connectivity index (χ1n) is 7.14. The number of likely N-dealkylation sites (N-methyl/N-ethyl adjacent to an activating group) is 1. The van der Waals surface area contributed by atoms with Gasteiger partial charge in [0, 0.05) is 43.2 Å². The second kappa shape index (κ2) is 5.06. The smallest absolute Gasteiger partial charge is 0.134 e. The minimum Gasteiger partial charge on any atom is -0.395 e. The fourth-order valence-corrected chi connectivity index (χ4v) is 2.57. The third-order valence-corrected chi connectivity index (χ3v) is 4.11. The molecule has 0 saturated heterocycles. The van der Waals surface area contributed by atoms with Gasteiger partial charge in [0.05, 0.1) is 6.61 Å². The van der Waals surface area contributed by atoms with E-state index in [0.717, 1.165) is 30.2 Å². The largest absolute Gasteiger partial charge is 0.395 e. The normalized spacial score (nSPS) is 26.1. The number of nitrogens with zero attached hydrogens (tertiary/aromatic N) is 3. The number of aromatic nitrogens is 2. The lowest BCUT2D eigenvalue weighted by molar-refractivity contribution is 0.303. The van der Waals surface area contributed by atoms with Gasteiger partial charge in [0.2, 0.25) is 0 Å². The fraction of sp³-hybridized carbons (Fsp3) is 0.714. The van der Waals surface area contributed by atoms with E-state index in [1.54, 1.807) is 0 Å². The molecule has 1 aromatic heterocycles. The van der Waals surface area contributed by atoms with Crippen LogP contribution in [0.25, 0.3) is 0 Å². The number of rotatable bonds is 5. The van der Waals surface area contributed by atoms with Crippen LogP contribution in [0, 0.1) is 0 Å². The predicted molar refractivity (Wildman–Crippen MR) is 74.3 cm³/mol. The highest BCUT2D eigenvalue weighted by Crippen LogP contribution is 2.41. The van der Waals surface area contributed by atoms with Gasteiger partial charge in [-0.3, -0.25) is 0 Å². The molecule has 0 spiro atoms. The van der Waals surface area contributed by atoms with Crippen molar-refractivity contribution in [1.82, 2.24) is 9.97 Å². The van der Waals surface area contributed by atoms with E-state index in [-0.39, 0.29) is 6.61 Å². The molecule has 104 valence electrons. The van der Waals surface area contributed by atoms with Crippen LogP contribution in [0.15, 0.2) is 6.07 Å². The van der Waals surface area contributed by atoms with E-state index in [2.05, 4.69) is 11.1 Å². The summed E-state index contributed by atoms with van der Waals surface area (Å²) in [5.74, 6) is 2.96. The Morgan fingerprint density at radius 3 is 2.63 bits per heavy atom. The van der Waals surface area contributed by atoms with Gasteiger partial charge in [-0.2, -0.15) is 0 Å². The molecule has 5 nitrogen and oxygen atoms in total.